The van der Waals surface area contributed by atoms with E-state index in [9.17, 15) is 4.79 Å². The van der Waals surface area contributed by atoms with Crippen LogP contribution in [0.25, 0.3) is 0 Å². The third-order valence-electron chi connectivity index (χ3n) is 1.89. The Morgan fingerprint density at radius 1 is 1.62 bits per heavy atom. The summed E-state index contributed by atoms with van der Waals surface area (Å²) in [5.74, 6) is -0.0131. The van der Waals surface area contributed by atoms with Gasteiger partial charge in [0, 0.05) is 6.20 Å². The van der Waals surface area contributed by atoms with E-state index in [0.29, 0.717) is 6.54 Å². The molecule has 8 nitrogen and oxygen atoms in total. The summed E-state index contributed by atoms with van der Waals surface area (Å²) in [6.07, 6.45) is 4.61. The van der Waals surface area contributed by atoms with Crippen LogP contribution in [0, 0.1) is 0 Å². The molecule has 84 valence electrons. The largest absolute Gasteiger partial charge is 0.367 e. The molecule has 0 unspecified atom stereocenters. The summed E-state index contributed by atoms with van der Waals surface area (Å²) >= 11 is 0. The van der Waals surface area contributed by atoms with Gasteiger partial charge in [-0.1, -0.05) is 0 Å². The fourth-order valence-corrected chi connectivity index (χ4v) is 1.16. The molecular formula is C8H11N7O. The molecule has 16 heavy (non-hydrogen) atoms. The van der Waals surface area contributed by atoms with Crippen molar-refractivity contribution in [3.63, 3.8) is 0 Å². The molecule has 0 radical (unpaired) electrons. The van der Waals surface area contributed by atoms with Crippen molar-refractivity contribution in [2.45, 2.75) is 13.1 Å². The van der Waals surface area contributed by atoms with Gasteiger partial charge in [0.1, 0.15) is 12.9 Å². The van der Waals surface area contributed by atoms with Crippen molar-refractivity contribution in [2.75, 3.05) is 5.73 Å². The second-order valence-electron chi connectivity index (χ2n) is 3.15. The van der Waals surface area contributed by atoms with E-state index in [1.165, 1.54) is 11.0 Å². The maximum absolute atomic E-state index is 11.4. The molecule has 0 aromatic carbocycles. The molecule has 2 aromatic rings. The Kier molecular flexibility index (Phi) is 2.81. The van der Waals surface area contributed by atoms with Gasteiger partial charge in [0.25, 0.3) is 0 Å². The molecule has 4 N–H and O–H groups in total. The molecule has 1 amide bonds. The van der Waals surface area contributed by atoms with Gasteiger partial charge in [-0.15, -0.1) is 5.10 Å². The van der Waals surface area contributed by atoms with Crippen molar-refractivity contribution in [1.29, 1.82) is 0 Å². The monoisotopic (exact) mass is 221 g/mol. The van der Waals surface area contributed by atoms with Crippen LogP contribution in [-0.4, -0.2) is 30.6 Å². The smallest absolute Gasteiger partial charge is 0.242 e. The molecule has 0 spiro atoms. The van der Waals surface area contributed by atoms with E-state index in [-0.39, 0.29) is 18.4 Å². The number of aromatic nitrogens is 5. The zero-order valence-electron chi connectivity index (χ0n) is 8.42. The number of amides is 1. The molecule has 2 aromatic heterocycles. The highest BCUT2D eigenvalue weighted by atomic mass is 16.2. The molecule has 0 aliphatic rings. The number of hydrogen-bond acceptors (Lipinski definition) is 5. The van der Waals surface area contributed by atoms with E-state index in [2.05, 4.69) is 25.4 Å². The Morgan fingerprint density at radius 3 is 3.12 bits per heavy atom. The van der Waals surface area contributed by atoms with Crippen molar-refractivity contribution < 1.29 is 4.79 Å². The first-order valence-electron chi connectivity index (χ1n) is 4.63. The lowest BCUT2D eigenvalue weighted by Crippen LogP contribution is -2.27. The summed E-state index contributed by atoms with van der Waals surface area (Å²) in [6, 6.07) is 0. The fraction of sp³-hybridized carbons (Fsp3) is 0.250. The van der Waals surface area contributed by atoms with Crippen LogP contribution in [0.3, 0.4) is 0 Å². The molecule has 2 heterocycles. The normalized spacial score (nSPS) is 10.2. The van der Waals surface area contributed by atoms with E-state index in [1.54, 1.807) is 12.5 Å². The number of aromatic amines is 1. The first-order chi connectivity index (χ1) is 7.74. The van der Waals surface area contributed by atoms with Crippen molar-refractivity contribution in [1.82, 2.24) is 30.0 Å². The Hall–Kier alpha value is -2.38. The highest BCUT2D eigenvalue weighted by molar-refractivity contribution is 5.75. The summed E-state index contributed by atoms with van der Waals surface area (Å²) in [6.45, 7) is 0.501. The van der Waals surface area contributed by atoms with Gasteiger partial charge in [-0.3, -0.25) is 4.79 Å². The van der Waals surface area contributed by atoms with Crippen LogP contribution in [0.2, 0.25) is 0 Å². The molecule has 0 atom stereocenters. The first-order valence-corrected chi connectivity index (χ1v) is 4.63. The van der Waals surface area contributed by atoms with Crippen LogP contribution >= 0.6 is 0 Å². The maximum Gasteiger partial charge on any atom is 0.242 e. The molecular weight excluding hydrogens is 210 g/mol. The summed E-state index contributed by atoms with van der Waals surface area (Å²) in [7, 11) is 0. The lowest BCUT2D eigenvalue weighted by atomic mass is 10.4. The van der Waals surface area contributed by atoms with Crippen LogP contribution in [0.4, 0.5) is 5.95 Å². The number of carbonyl (C=O) groups is 1. The van der Waals surface area contributed by atoms with Gasteiger partial charge >= 0.3 is 0 Å². The van der Waals surface area contributed by atoms with Crippen LogP contribution in [0.5, 0.6) is 0 Å². The van der Waals surface area contributed by atoms with Gasteiger partial charge in [-0.25, -0.2) is 14.6 Å². The molecule has 0 fully saturated rings. The van der Waals surface area contributed by atoms with E-state index in [0.717, 1.165) is 5.69 Å². The number of imidazole rings is 1. The lowest BCUT2D eigenvalue weighted by Gasteiger charge is -2.02. The standard InChI is InChI=1S/C8H11N7O/c9-8-13-5-15(14-8)3-7(16)11-2-6-1-10-4-12-6/h1,4-5H,2-3H2,(H2,9,14)(H,10,12)(H,11,16). The zero-order valence-corrected chi connectivity index (χ0v) is 8.42. The number of hydrogen-bond donors (Lipinski definition) is 3. The van der Waals surface area contributed by atoms with Crippen molar-refractivity contribution in [3.8, 4) is 0 Å². The summed E-state index contributed by atoms with van der Waals surface area (Å²) in [5.41, 5.74) is 6.16. The van der Waals surface area contributed by atoms with E-state index in [4.69, 9.17) is 5.73 Å². The highest BCUT2D eigenvalue weighted by Crippen LogP contribution is 1.91. The van der Waals surface area contributed by atoms with Crippen molar-refractivity contribution in [3.05, 3.63) is 24.5 Å². The fourth-order valence-electron chi connectivity index (χ4n) is 1.16. The predicted molar refractivity (Wildman–Crippen MR) is 54.9 cm³/mol. The SMILES string of the molecule is Nc1ncn(CC(=O)NCc2cnc[nH]2)n1. The highest BCUT2D eigenvalue weighted by Gasteiger charge is 2.04. The van der Waals surface area contributed by atoms with Gasteiger partial charge in [0.2, 0.25) is 11.9 Å². The number of nitrogens with zero attached hydrogens (tertiary/aromatic N) is 4. The topological polar surface area (TPSA) is 115 Å². The molecule has 0 saturated carbocycles. The quantitative estimate of drug-likeness (QED) is 0.606. The Labute approximate surface area is 90.9 Å². The Bertz CT molecular complexity index is 460. The number of rotatable bonds is 4. The lowest BCUT2D eigenvalue weighted by molar-refractivity contribution is -0.122. The second-order valence-corrected chi connectivity index (χ2v) is 3.15. The number of nitrogens with two attached hydrogens (primary N) is 1. The minimum atomic E-state index is -0.167. The predicted octanol–water partition coefficient (Wildman–Crippen LogP) is -1.10. The van der Waals surface area contributed by atoms with Crippen LogP contribution in [0.1, 0.15) is 5.69 Å². The number of anilines is 1. The first kappa shape index (κ1) is 10.1. The van der Waals surface area contributed by atoms with Gasteiger partial charge < -0.3 is 16.0 Å². The number of nitrogens with one attached hydrogen (secondary N) is 2. The Morgan fingerprint density at radius 2 is 2.50 bits per heavy atom. The van der Waals surface area contributed by atoms with E-state index < -0.39 is 0 Å². The summed E-state index contributed by atoms with van der Waals surface area (Å²) in [5, 5.41) is 6.50. The zero-order chi connectivity index (χ0) is 11.4. The molecule has 0 aliphatic heterocycles. The third-order valence-corrected chi connectivity index (χ3v) is 1.89. The van der Waals surface area contributed by atoms with Crippen LogP contribution < -0.4 is 11.1 Å². The number of carbonyl (C=O) groups excluding carboxylic acids is 1. The molecule has 0 aliphatic carbocycles. The van der Waals surface area contributed by atoms with Crippen LogP contribution in [-0.2, 0) is 17.9 Å². The Balaban J connectivity index is 1.81. The van der Waals surface area contributed by atoms with Gasteiger partial charge in [-0.2, -0.15) is 0 Å². The molecule has 2 rings (SSSR count). The number of nitrogen functional groups attached to an aromatic ring is 1. The second kappa shape index (κ2) is 4.43. The minimum absolute atomic E-state index is 0.0956. The van der Waals surface area contributed by atoms with Gasteiger partial charge in [-0.05, 0) is 0 Å². The summed E-state index contributed by atoms with van der Waals surface area (Å²) in [4.78, 5) is 21.9. The average molecular weight is 221 g/mol. The van der Waals surface area contributed by atoms with E-state index in [1.807, 2.05) is 0 Å². The molecule has 0 bridgehead atoms. The van der Waals surface area contributed by atoms with E-state index >= 15 is 0 Å². The number of H-pyrrole nitrogens is 1. The molecule has 0 saturated heterocycles. The van der Waals surface area contributed by atoms with Crippen molar-refractivity contribution >= 4 is 11.9 Å². The van der Waals surface area contributed by atoms with Crippen LogP contribution in [0.15, 0.2) is 18.9 Å². The molecule has 8 heteroatoms. The maximum atomic E-state index is 11.4. The minimum Gasteiger partial charge on any atom is -0.367 e. The van der Waals surface area contributed by atoms with Gasteiger partial charge in [0.05, 0.1) is 18.6 Å². The van der Waals surface area contributed by atoms with Crippen molar-refractivity contribution in [2.24, 2.45) is 0 Å². The summed E-state index contributed by atoms with van der Waals surface area (Å²) < 4.78 is 1.37. The average Bonchev–Trinajstić information content (AvgIpc) is 2.87. The third kappa shape index (κ3) is 2.56. The van der Waals surface area contributed by atoms with Gasteiger partial charge in [0.15, 0.2) is 0 Å².